The molecule has 0 fully saturated rings. The molecule has 10 nitrogen and oxygen atoms in total. The van der Waals surface area contributed by atoms with Crippen molar-refractivity contribution in [3.8, 4) is 22.5 Å². The summed E-state index contributed by atoms with van der Waals surface area (Å²) in [5, 5.41) is 12.0. The SMILES string of the molecule is COCC(COCCCNOCc1ccc(C(=O)O)c(-c2c3ccc(=[N+](C)C)cc-3oc3cc(N(C)C)ccc23)c1)OC. The lowest BCUT2D eigenvalue weighted by Crippen LogP contribution is -2.24. The van der Waals surface area contributed by atoms with Crippen LogP contribution >= 0.6 is 0 Å². The molecule has 1 aliphatic heterocycles. The number of hydrogen-bond donors (Lipinski definition) is 2. The van der Waals surface area contributed by atoms with Crippen LogP contribution in [0.2, 0.25) is 0 Å². The van der Waals surface area contributed by atoms with Crippen LogP contribution in [0.25, 0.3) is 33.4 Å². The smallest absolute Gasteiger partial charge is 0.336 e. The fourth-order valence-electron chi connectivity index (χ4n) is 4.83. The van der Waals surface area contributed by atoms with E-state index in [1.165, 1.54) is 0 Å². The number of nitrogens with one attached hydrogen (secondary N) is 1. The number of benzene rings is 3. The van der Waals surface area contributed by atoms with Gasteiger partial charge < -0.3 is 28.6 Å². The Labute approximate surface area is 252 Å². The predicted molar refractivity (Wildman–Crippen MR) is 168 cm³/mol. The number of methoxy groups -OCH3 is 2. The molecule has 0 spiro atoms. The van der Waals surface area contributed by atoms with Gasteiger partial charge >= 0.3 is 5.97 Å². The van der Waals surface area contributed by atoms with Gasteiger partial charge in [-0.25, -0.2) is 14.9 Å². The third-order valence-electron chi connectivity index (χ3n) is 7.20. The topological polar surface area (TPSA) is 106 Å². The van der Waals surface area contributed by atoms with Gasteiger partial charge in [-0.2, -0.15) is 0 Å². The maximum Gasteiger partial charge on any atom is 0.336 e. The van der Waals surface area contributed by atoms with Crippen LogP contribution in [0.4, 0.5) is 5.69 Å². The number of ether oxygens (including phenoxy) is 3. The number of aromatic carboxylic acids is 1. The fourth-order valence-corrected chi connectivity index (χ4v) is 4.83. The molecule has 0 aromatic heterocycles. The molecule has 1 aliphatic carbocycles. The van der Waals surface area contributed by atoms with Gasteiger partial charge in [0.05, 0.1) is 31.5 Å². The molecule has 2 aliphatic rings. The van der Waals surface area contributed by atoms with Crippen LogP contribution in [0.15, 0.2) is 59.0 Å². The molecule has 2 aromatic carbocycles. The Kier molecular flexibility index (Phi) is 11.3. The zero-order valence-electron chi connectivity index (χ0n) is 25.8. The summed E-state index contributed by atoms with van der Waals surface area (Å²) in [6.45, 7) is 2.36. The van der Waals surface area contributed by atoms with Crippen LogP contribution in [0.1, 0.15) is 22.3 Å². The third-order valence-corrected chi connectivity index (χ3v) is 7.20. The Morgan fingerprint density at radius 1 is 1.02 bits per heavy atom. The van der Waals surface area contributed by atoms with E-state index in [0.29, 0.717) is 43.3 Å². The molecule has 1 unspecified atom stereocenters. The molecule has 0 saturated carbocycles. The highest BCUT2D eigenvalue weighted by Gasteiger charge is 2.23. The number of hydrogen-bond acceptors (Lipinski definition) is 8. The van der Waals surface area contributed by atoms with Gasteiger partial charge in [-0.1, -0.05) is 6.07 Å². The van der Waals surface area contributed by atoms with Crippen LogP contribution in [0.5, 0.6) is 0 Å². The molecule has 4 rings (SSSR count). The van der Waals surface area contributed by atoms with Crippen molar-refractivity contribution in [1.29, 1.82) is 0 Å². The summed E-state index contributed by atoms with van der Waals surface area (Å²) in [6, 6.07) is 17.3. The van der Waals surface area contributed by atoms with Gasteiger partial charge in [0.1, 0.15) is 31.5 Å². The highest BCUT2D eigenvalue weighted by Crippen LogP contribution is 2.42. The molecule has 0 saturated heterocycles. The fraction of sp³-hybridized carbons (Fsp3) is 0.394. The number of carboxylic acid groups (broad SMARTS) is 1. The molecule has 2 aromatic rings. The number of hydroxylamine groups is 1. The molecule has 1 heterocycles. The molecular formula is C33H42N3O7+. The third kappa shape index (κ3) is 7.98. The molecule has 2 N–H and O–H groups in total. The van der Waals surface area contributed by atoms with E-state index in [0.717, 1.165) is 39.5 Å². The maximum atomic E-state index is 12.4. The molecule has 10 heteroatoms. The zero-order chi connectivity index (χ0) is 30.9. The Morgan fingerprint density at radius 2 is 1.84 bits per heavy atom. The normalized spacial score (nSPS) is 12.1. The Bertz CT molecular complexity index is 1580. The molecule has 0 bridgehead atoms. The van der Waals surface area contributed by atoms with E-state index in [4.69, 9.17) is 23.5 Å². The van der Waals surface area contributed by atoms with E-state index >= 15 is 0 Å². The average Bonchev–Trinajstić information content (AvgIpc) is 2.99. The van der Waals surface area contributed by atoms with Crippen molar-refractivity contribution < 1.29 is 33.4 Å². The second kappa shape index (κ2) is 15.1. The highest BCUT2D eigenvalue weighted by atomic mass is 16.6. The highest BCUT2D eigenvalue weighted by molar-refractivity contribution is 6.08. The van der Waals surface area contributed by atoms with Crippen LogP contribution in [-0.2, 0) is 25.7 Å². The van der Waals surface area contributed by atoms with Gasteiger partial charge in [0.25, 0.3) is 0 Å². The molecule has 0 amide bonds. The predicted octanol–water partition coefficient (Wildman–Crippen LogP) is 4.09. The number of carboxylic acids is 1. The standard InChI is InChI=1S/C33H41N3O7/c1-35(2)23-9-12-27-30(17-23)43-31-18-24(36(3)4)10-13-28(31)32(27)29-16-22(8-11-26(29)33(37)38)19-42-34-14-7-15-41-21-25(40-6)20-39-5/h8-13,16-18,25,34H,7,14-15,19-21H2,1-6H3/p+1. The second-order valence-corrected chi connectivity index (χ2v) is 10.7. The largest absolute Gasteiger partial charge is 0.478 e. The van der Waals surface area contributed by atoms with E-state index in [-0.39, 0.29) is 18.3 Å². The van der Waals surface area contributed by atoms with Crippen LogP contribution in [-0.4, -0.2) is 86.0 Å². The first-order valence-electron chi connectivity index (χ1n) is 14.2. The van der Waals surface area contributed by atoms with Crippen LogP contribution in [0.3, 0.4) is 0 Å². The Morgan fingerprint density at radius 3 is 2.53 bits per heavy atom. The molecule has 0 radical (unpaired) electrons. The molecule has 230 valence electrons. The van der Waals surface area contributed by atoms with E-state index in [2.05, 4.69) is 5.48 Å². The zero-order valence-corrected chi connectivity index (χ0v) is 25.8. The minimum atomic E-state index is -1.00. The Balaban J connectivity index is 1.60. The first kappa shape index (κ1) is 32.1. The van der Waals surface area contributed by atoms with Gasteiger partial charge in [-0.3, -0.25) is 4.84 Å². The van der Waals surface area contributed by atoms with Crippen LogP contribution < -0.4 is 20.3 Å². The lowest BCUT2D eigenvalue weighted by Gasteiger charge is -2.19. The monoisotopic (exact) mass is 592 g/mol. The summed E-state index contributed by atoms with van der Waals surface area (Å²) >= 11 is 0. The lowest BCUT2D eigenvalue weighted by atomic mass is 9.89. The van der Waals surface area contributed by atoms with E-state index in [9.17, 15) is 9.90 Å². The summed E-state index contributed by atoms with van der Waals surface area (Å²) in [5.41, 5.74) is 7.91. The number of carbonyl (C=O) groups is 1. The number of rotatable bonds is 15. The first-order chi connectivity index (χ1) is 20.7. The quantitative estimate of drug-likeness (QED) is 0.0914. The van der Waals surface area contributed by atoms with E-state index in [1.54, 1.807) is 26.4 Å². The molecule has 1 atom stereocenters. The minimum Gasteiger partial charge on any atom is -0.478 e. The van der Waals surface area contributed by atoms with Gasteiger partial charge in [0, 0.05) is 75.8 Å². The van der Waals surface area contributed by atoms with Gasteiger partial charge in [0.2, 0.25) is 5.36 Å². The summed E-state index contributed by atoms with van der Waals surface area (Å²) in [6.07, 6.45) is 0.664. The Hall–Kier alpha value is -3.80. The second-order valence-electron chi connectivity index (χ2n) is 10.7. The van der Waals surface area contributed by atoms with E-state index in [1.807, 2.05) is 80.1 Å². The van der Waals surface area contributed by atoms with Gasteiger partial charge in [-0.15, -0.1) is 0 Å². The van der Waals surface area contributed by atoms with E-state index < -0.39 is 5.97 Å². The van der Waals surface area contributed by atoms with Crippen molar-refractivity contribution in [2.75, 3.05) is 73.7 Å². The number of fused-ring (bicyclic) bond motifs is 2. The van der Waals surface area contributed by atoms with Gasteiger partial charge in [-0.05, 0) is 47.9 Å². The van der Waals surface area contributed by atoms with Crippen molar-refractivity contribution in [3.63, 3.8) is 0 Å². The molecular weight excluding hydrogens is 550 g/mol. The van der Waals surface area contributed by atoms with Crippen molar-refractivity contribution in [3.05, 3.63) is 71.1 Å². The average molecular weight is 593 g/mol. The maximum absolute atomic E-state index is 12.4. The summed E-state index contributed by atoms with van der Waals surface area (Å²) in [4.78, 5) is 20.2. The van der Waals surface area contributed by atoms with Crippen molar-refractivity contribution >= 4 is 22.6 Å². The summed E-state index contributed by atoms with van der Waals surface area (Å²) < 4.78 is 24.5. The van der Waals surface area contributed by atoms with Gasteiger partial charge in [0.15, 0.2) is 0 Å². The minimum absolute atomic E-state index is 0.0882. The first-order valence-corrected chi connectivity index (χ1v) is 14.2. The lowest BCUT2D eigenvalue weighted by molar-refractivity contribution is -0.0334. The van der Waals surface area contributed by atoms with Crippen molar-refractivity contribution in [2.45, 2.75) is 19.1 Å². The van der Waals surface area contributed by atoms with Crippen molar-refractivity contribution in [1.82, 2.24) is 10.1 Å². The van der Waals surface area contributed by atoms with Crippen LogP contribution in [0, 0.1) is 0 Å². The number of anilines is 1. The summed E-state index contributed by atoms with van der Waals surface area (Å²) in [7, 11) is 11.2. The summed E-state index contributed by atoms with van der Waals surface area (Å²) in [5.74, 6) is -0.329. The van der Waals surface area contributed by atoms with Crippen molar-refractivity contribution in [2.24, 2.45) is 0 Å². The molecule has 43 heavy (non-hydrogen) atoms. The number of nitrogens with zero attached hydrogens (tertiary/aromatic N) is 2.